The number of para-hydroxylation sites is 2. The van der Waals surface area contributed by atoms with Crippen LogP contribution in [0.3, 0.4) is 0 Å². The quantitative estimate of drug-likeness (QED) is 0.844. The van der Waals surface area contributed by atoms with Crippen molar-refractivity contribution >= 4 is 16.9 Å². The summed E-state index contributed by atoms with van der Waals surface area (Å²) in [7, 11) is 1.74. The first kappa shape index (κ1) is 13.0. The topological polar surface area (TPSA) is 47.2 Å². The Labute approximate surface area is 117 Å². The van der Waals surface area contributed by atoms with Gasteiger partial charge < -0.3 is 4.90 Å². The van der Waals surface area contributed by atoms with Gasteiger partial charge in [-0.2, -0.15) is 0 Å². The standard InChI is InChI=1S/C15H19N3O2/c1-3-17(11-8-9-11)14(19)10-18-13-7-5-4-6-12(13)16(2)15(18)20/h4-7,11H,3,8-10H2,1-2H3. The molecule has 106 valence electrons. The Balaban J connectivity index is 1.96. The van der Waals surface area contributed by atoms with E-state index in [1.165, 1.54) is 0 Å². The SMILES string of the molecule is CCN(C(=O)Cn1c(=O)n(C)c2ccccc21)C1CC1. The zero-order valence-electron chi connectivity index (χ0n) is 11.9. The minimum absolute atomic E-state index is 0.0356. The fourth-order valence-corrected chi connectivity index (χ4v) is 2.77. The highest BCUT2D eigenvalue weighted by Crippen LogP contribution is 2.26. The highest BCUT2D eigenvalue weighted by molar-refractivity contribution is 5.81. The highest BCUT2D eigenvalue weighted by Gasteiger charge is 2.31. The molecule has 1 aromatic heterocycles. The van der Waals surface area contributed by atoms with Crippen molar-refractivity contribution in [3.63, 3.8) is 0 Å². The fourth-order valence-electron chi connectivity index (χ4n) is 2.77. The number of aromatic nitrogens is 2. The van der Waals surface area contributed by atoms with E-state index in [2.05, 4.69) is 0 Å². The summed E-state index contributed by atoms with van der Waals surface area (Å²) in [5.41, 5.74) is 1.55. The summed E-state index contributed by atoms with van der Waals surface area (Å²) < 4.78 is 3.17. The molecule has 1 saturated carbocycles. The number of hydrogen-bond donors (Lipinski definition) is 0. The molecule has 5 heteroatoms. The lowest BCUT2D eigenvalue weighted by Gasteiger charge is -2.20. The molecule has 2 aromatic rings. The van der Waals surface area contributed by atoms with Crippen molar-refractivity contribution in [2.24, 2.45) is 7.05 Å². The lowest BCUT2D eigenvalue weighted by Crippen LogP contribution is -2.37. The van der Waals surface area contributed by atoms with E-state index in [1.54, 1.807) is 16.2 Å². The molecule has 0 unspecified atom stereocenters. The molecule has 5 nitrogen and oxygen atoms in total. The second-order valence-corrected chi connectivity index (χ2v) is 5.33. The minimum Gasteiger partial charge on any atom is -0.338 e. The van der Waals surface area contributed by atoms with Crippen LogP contribution < -0.4 is 5.69 Å². The van der Waals surface area contributed by atoms with E-state index in [4.69, 9.17) is 0 Å². The first-order chi connectivity index (χ1) is 9.63. The average molecular weight is 273 g/mol. The summed E-state index contributed by atoms with van der Waals surface area (Å²) >= 11 is 0. The van der Waals surface area contributed by atoms with Crippen LogP contribution >= 0.6 is 0 Å². The number of hydrogen-bond acceptors (Lipinski definition) is 2. The Hall–Kier alpha value is -2.04. The Morgan fingerprint density at radius 2 is 1.95 bits per heavy atom. The molecular formula is C15H19N3O2. The van der Waals surface area contributed by atoms with Crippen molar-refractivity contribution in [1.29, 1.82) is 0 Å². The van der Waals surface area contributed by atoms with E-state index in [0.29, 0.717) is 12.6 Å². The molecule has 0 radical (unpaired) electrons. The average Bonchev–Trinajstić information content (AvgIpc) is 3.25. The van der Waals surface area contributed by atoms with E-state index in [0.717, 1.165) is 23.9 Å². The molecule has 1 heterocycles. The van der Waals surface area contributed by atoms with Crippen LogP contribution in [-0.2, 0) is 18.4 Å². The van der Waals surface area contributed by atoms with Crippen LogP contribution in [0.15, 0.2) is 29.1 Å². The number of benzene rings is 1. The molecule has 1 aliphatic rings. The smallest absolute Gasteiger partial charge is 0.329 e. The van der Waals surface area contributed by atoms with Gasteiger partial charge in [-0.05, 0) is 31.9 Å². The van der Waals surface area contributed by atoms with Gasteiger partial charge in [-0.15, -0.1) is 0 Å². The molecular weight excluding hydrogens is 254 g/mol. The van der Waals surface area contributed by atoms with Gasteiger partial charge in [0.25, 0.3) is 0 Å². The predicted molar refractivity (Wildman–Crippen MR) is 77.6 cm³/mol. The van der Waals surface area contributed by atoms with E-state index in [1.807, 2.05) is 36.1 Å². The van der Waals surface area contributed by atoms with Gasteiger partial charge >= 0.3 is 5.69 Å². The van der Waals surface area contributed by atoms with Gasteiger partial charge in [0.1, 0.15) is 6.54 Å². The van der Waals surface area contributed by atoms with Gasteiger partial charge in [0.2, 0.25) is 5.91 Å². The Kier molecular flexibility index (Phi) is 3.12. The number of carbonyl (C=O) groups is 1. The molecule has 3 rings (SSSR count). The van der Waals surface area contributed by atoms with Gasteiger partial charge in [0.15, 0.2) is 0 Å². The molecule has 0 bridgehead atoms. The summed E-state index contributed by atoms with van der Waals surface area (Å²) in [4.78, 5) is 26.5. The second-order valence-electron chi connectivity index (χ2n) is 5.33. The van der Waals surface area contributed by atoms with E-state index >= 15 is 0 Å². The van der Waals surface area contributed by atoms with Crippen LogP contribution in [0.5, 0.6) is 0 Å². The van der Waals surface area contributed by atoms with Gasteiger partial charge in [0.05, 0.1) is 11.0 Å². The van der Waals surface area contributed by atoms with Crippen molar-refractivity contribution in [2.75, 3.05) is 6.54 Å². The third kappa shape index (κ3) is 2.03. The summed E-state index contributed by atoms with van der Waals surface area (Å²) in [6, 6.07) is 7.96. The molecule has 0 spiro atoms. The largest absolute Gasteiger partial charge is 0.338 e. The third-order valence-corrected chi connectivity index (χ3v) is 3.99. The molecule has 0 saturated heterocycles. The molecule has 1 aliphatic carbocycles. The number of aryl methyl sites for hydroxylation is 1. The summed E-state index contributed by atoms with van der Waals surface area (Å²) in [5.74, 6) is 0.0356. The fraction of sp³-hybridized carbons (Fsp3) is 0.467. The molecule has 1 aromatic carbocycles. The van der Waals surface area contributed by atoms with Crippen LogP contribution in [-0.4, -0.2) is 32.5 Å². The van der Waals surface area contributed by atoms with Gasteiger partial charge in [0, 0.05) is 19.6 Å². The van der Waals surface area contributed by atoms with Crippen molar-refractivity contribution in [3.8, 4) is 0 Å². The van der Waals surface area contributed by atoms with Crippen LogP contribution in [0.25, 0.3) is 11.0 Å². The Morgan fingerprint density at radius 1 is 1.30 bits per heavy atom. The monoisotopic (exact) mass is 273 g/mol. The highest BCUT2D eigenvalue weighted by atomic mass is 16.2. The maximum Gasteiger partial charge on any atom is 0.329 e. The van der Waals surface area contributed by atoms with Crippen LogP contribution in [0.2, 0.25) is 0 Å². The maximum absolute atomic E-state index is 12.4. The molecule has 1 fully saturated rings. The van der Waals surface area contributed by atoms with E-state index < -0.39 is 0 Å². The number of likely N-dealkylation sites (N-methyl/N-ethyl adjacent to an activating group) is 1. The number of imidazole rings is 1. The summed E-state index contributed by atoms with van der Waals surface area (Å²) in [6.07, 6.45) is 2.17. The molecule has 0 aliphatic heterocycles. The van der Waals surface area contributed by atoms with E-state index in [9.17, 15) is 9.59 Å². The normalized spacial score (nSPS) is 14.7. The van der Waals surface area contributed by atoms with E-state index in [-0.39, 0.29) is 18.1 Å². The molecule has 20 heavy (non-hydrogen) atoms. The minimum atomic E-state index is -0.133. The zero-order valence-corrected chi connectivity index (χ0v) is 11.9. The lowest BCUT2D eigenvalue weighted by molar-refractivity contribution is -0.132. The van der Waals surface area contributed by atoms with Crippen LogP contribution in [0.1, 0.15) is 19.8 Å². The van der Waals surface area contributed by atoms with Gasteiger partial charge in [-0.1, -0.05) is 12.1 Å². The van der Waals surface area contributed by atoms with Gasteiger partial charge in [-0.3, -0.25) is 13.9 Å². The second kappa shape index (κ2) is 4.81. The Morgan fingerprint density at radius 3 is 2.55 bits per heavy atom. The zero-order chi connectivity index (χ0) is 14.3. The third-order valence-electron chi connectivity index (χ3n) is 3.99. The number of carbonyl (C=O) groups excluding carboxylic acids is 1. The number of amides is 1. The number of nitrogens with zero attached hydrogens (tertiary/aromatic N) is 3. The molecule has 0 N–H and O–H groups in total. The molecule has 0 atom stereocenters. The van der Waals surface area contributed by atoms with Crippen molar-refractivity contribution in [1.82, 2.24) is 14.0 Å². The first-order valence-electron chi connectivity index (χ1n) is 7.07. The van der Waals surface area contributed by atoms with Crippen LogP contribution in [0, 0.1) is 0 Å². The lowest BCUT2D eigenvalue weighted by atomic mass is 10.3. The number of fused-ring (bicyclic) bond motifs is 1. The van der Waals surface area contributed by atoms with Crippen molar-refractivity contribution in [2.45, 2.75) is 32.4 Å². The predicted octanol–water partition coefficient (Wildman–Crippen LogP) is 1.35. The maximum atomic E-state index is 12.4. The molecule has 1 amide bonds. The first-order valence-corrected chi connectivity index (χ1v) is 7.07. The summed E-state index contributed by atoms with van der Waals surface area (Å²) in [5, 5.41) is 0. The van der Waals surface area contributed by atoms with Crippen LogP contribution in [0.4, 0.5) is 0 Å². The van der Waals surface area contributed by atoms with Crippen molar-refractivity contribution in [3.05, 3.63) is 34.7 Å². The summed E-state index contributed by atoms with van der Waals surface area (Å²) in [6.45, 7) is 2.83. The Bertz CT molecular complexity index is 709. The number of rotatable bonds is 4. The van der Waals surface area contributed by atoms with Gasteiger partial charge in [-0.25, -0.2) is 4.79 Å². The van der Waals surface area contributed by atoms with Crippen molar-refractivity contribution < 1.29 is 4.79 Å².